The number of nitrogens with one attached hydrogen (secondary N) is 1. The van der Waals surface area contributed by atoms with Gasteiger partial charge in [-0.25, -0.2) is 8.78 Å². The zero-order chi connectivity index (χ0) is 8.97. The van der Waals surface area contributed by atoms with Crippen molar-refractivity contribution in [1.82, 2.24) is 5.32 Å². The van der Waals surface area contributed by atoms with Gasteiger partial charge in [-0.05, 0) is 5.92 Å². The number of amidine groups is 1. The van der Waals surface area contributed by atoms with Crippen LogP contribution in [0.3, 0.4) is 0 Å². The SMILES string of the molecule is CC1CN=C(NCC(F)F)SC1. The average Bonchev–Trinajstić information content (AvgIpc) is 2.03. The van der Waals surface area contributed by atoms with E-state index in [9.17, 15) is 8.78 Å². The van der Waals surface area contributed by atoms with Crippen molar-refractivity contribution in [2.75, 3.05) is 18.8 Å². The maximum Gasteiger partial charge on any atom is 0.255 e. The van der Waals surface area contributed by atoms with Crippen molar-refractivity contribution in [2.24, 2.45) is 10.9 Å². The quantitative estimate of drug-likeness (QED) is 0.721. The van der Waals surface area contributed by atoms with Crippen LogP contribution in [0.2, 0.25) is 0 Å². The first-order chi connectivity index (χ1) is 5.68. The Morgan fingerprint density at radius 1 is 1.75 bits per heavy atom. The van der Waals surface area contributed by atoms with Gasteiger partial charge < -0.3 is 5.32 Å². The zero-order valence-electron chi connectivity index (χ0n) is 6.89. The van der Waals surface area contributed by atoms with Crippen molar-refractivity contribution in [3.05, 3.63) is 0 Å². The molecule has 0 fully saturated rings. The normalized spacial score (nSPS) is 24.0. The number of rotatable bonds is 2. The average molecular weight is 194 g/mol. The van der Waals surface area contributed by atoms with Gasteiger partial charge in [0.05, 0.1) is 6.54 Å². The van der Waals surface area contributed by atoms with Gasteiger partial charge in [-0.15, -0.1) is 0 Å². The van der Waals surface area contributed by atoms with Gasteiger partial charge in [0.1, 0.15) is 0 Å². The smallest absolute Gasteiger partial charge is 0.255 e. The molecule has 1 N–H and O–H groups in total. The van der Waals surface area contributed by atoms with E-state index in [2.05, 4.69) is 17.2 Å². The summed E-state index contributed by atoms with van der Waals surface area (Å²) in [6.07, 6.45) is -2.30. The summed E-state index contributed by atoms with van der Waals surface area (Å²) in [5.41, 5.74) is 0. The molecular weight excluding hydrogens is 182 g/mol. The van der Waals surface area contributed by atoms with E-state index in [1.807, 2.05) is 0 Å². The van der Waals surface area contributed by atoms with Crippen LogP contribution in [-0.4, -0.2) is 30.4 Å². The highest BCUT2D eigenvalue weighted by Crippen LogP contribution is 2.15. The van der Waals surface area contributed by atoms with Crippen LogP contribution in [0.4, 0.5) is 8.78 Å². The Morgan fingerprint density at radius 2 is 2.50 bits per heavy atom. The second-order valence-corrected chi connectivity index (χ2v) is 3.84. The van der Waals surface area contributed by atoms with Gasteiger partial charge in [0, 0.05) is 12.3 Å². The molecule has 0 spiro atoms. The van der Waals surface area contributed by atoms with E-state index in [1.165, 1.54) is 11.8 Å². The van der Waals surface area contributed by atoms with Crippen molar-refractivity contribution in [3.8, 4) is 0 Å². The molecule has 0 aromatic carbocycles. The molecule has 0 radical (unpaired) electrons. The van der Waals surface area contributed by atoms with Gasteiger partial charge in [-0.2, -0.15) is 0 Å². The lowest BCUT2D eigenvalue weighted by atomic mass is 10.2. The van der Waals surface area contributed by atoms with E-state index >= 15 is 0 Å². The highest BCUT2D eigenvalue weighted by atomic mass is 32.2. The number of halogens is 2. The van der Waals surface area contributed by atoms with Crippen LogP contribution in [0.1, 0.15) is 6.92 Å². The molecule has 0 bridgehead atoms. The Morgan fingerprint density at radius 3 is 3.00 bits per heavy atom. The first-order valence-electron chi connectivity index (χ1n) is 3.87. The van der Waals surface area contributed by atoms with Crippen molar-refractivity contribution in [1.29, 1.82) is 0 Å². The standard InChI is InChI=1S/C7H12F2N2S/c1-5-2-10-7(12-4-5)11-3-6(8)9/h5-6H,2-4H2,1H3,(H,10,11). The van der Waals surface area contributed by atoms with Crippen molar-refractivity contribution in [3.63, 3.8) is 0 Å². The lowest BCUT2D eigenvalue weighted by Crippen LogP contribution is -2.29. The topological polar surface area (TPSA) is 24.4 Å². The van der Waals surface area contributed by atoms with E-state index in [1.54, 1.807) is 0 Å². The molecule has 1 aliphatic rings. The summed E-state index contributed by atoms with van der Waals surface area (Å²) < 4.78 is 23.5. The summed E-state index contributed by atoms with van der Waals surface area (Å²) in [7, 11) is 0. The molecule has 1 aliphatic heterocycles. The van der Waals surface area contributed by atoms with Crippen molar-refractivity contribution >= 4 is 16.9 Å². The molecule has 2 nitrogen and oxygen atoms in total. The Kier molecular flexibility index (Phi) is 3.78. The monoisotopic (exact) mass is 194 g/mol. The number of aliphatic imine (C=N–C) groups is 1. The summed E-state index contributed by atoms with van der Waals surface area (Å²) in [6.45, 7) is 2.55. The minimum atomic E-state index is -2.30. The van der Waals surface area contributed by atoms with E-state index in [0.29, 0.717) is 11.1 Å². The fraction of sp³-hybridized carbons (Fsp3) is 0.857. The Balaban J connectivity index is 2.24. The molecule has 70 valence electrons. The predicted octanol–water partition coefficient (Wildman–Crippen LogP) is 1.58. The van der Waals surface area contributed by atoms with Crippen LogP contribution < -0.4 is 5.32 Å². The molecule has 0 aromatic rings. The van der Waals surface area contributed by atoms with Gasteiger partial charge in [0.15, 0.2) is 5.17 Å². The summed E-state index contributed by atoms with van der Waals surface area (Å²) in [5, 5.41) is 3.27. The molecule has 1 atom stereocenters. The first kappa shape index (κ1) is 9.77. The number of hydrogen-bond donors (Lipinski definition) is 1. The Bertz CT molecular complexity index is 173. The third-order valence-corrected chi connectivity index (χ3v) is 2.74. The van der Waals surface area contributed by atoms with E-state index in [-0.39, 0.29) is 6.54 Å². The van der Waals surface area contributed by atoms with Crippen LogP contribution in [0.15, 0.2) is 4.99 Å². The van der Waals surface area contributed by atoms with Crippen LogP contribution in [0.25, 0.3) is 0 Å². The van der Waals surface area contributed by atoms with Gasteiger partial charge in [0.2, 0.25) is 0 Å². The van der Waals surface area contributed by atoms with E-state index in [4.69, 9.17) is 0 Å². The second-order valence-electron chi connectivity index (χ2n) is 2.83. The first-order valence-corrected chi connectivity index (χ1v) is 4.86. The Labute approximate surface area is 74.8 Å². The van der Waals surface area contributed by atoms with Gasteiger partial charge in [0.25, 0.3) is 6.43 Å². The minimum Gasteiger partial charge on any atom is -0.359 e. The van der Waals surface area contributed by atoms with Crippen LogP contribution >= 0.6 is 11.8 Å². The fourth-order valence-corrected chi connectivity index (χ4v) is 1.73. The van der Waals surface area contributed by atoms with Crippen LogP contribution in [-0.2, 0) is 0 Å². The van der Waals surface area contributed by atoms with Gasteiger partial charge in [-0.3, -0.25) is 4.99 Å². The van der Waals surface area contributed by atoms with Crippen LogP contribution in [0, 0.1) is 5.92 Å². The summed E-state index contributed by atoms with van der Waals surface area (Å²) in [5.74, 6) is 1.53. The fourth-order valence-electron chi connectivity index (χ4n) is 0.830. The molecule has 1 rings (SSSR count). The van der Waals surface area contributed by atoms with Crippen molar-refractivity contribution in [2.45, 2.75) is 13.3 Å². The molecule has 0 aromatic heterocycles. The zero-order valence-corrected chi connectivity index (χ0v) is 7.70. The molecule has 1 heterocycles. The number of nitrogens with zero attached hydrogens (tertiary/aromatic N) is 1. The predicted molar refractivity (Wildman–Crippen MR) is 47.9 cm³/mol. The van der Waals surface area contributed by atoms with E-state index in [0.717, 1.165) is 12.3 Å². The number of hydrogen-bond acceptors (Lipinski definition) is 3. The highest BCUT2D eigenvalue weighted by Gasteiger charge is 2.12. The highest BCUT2D eigenvalue weighted by molar-refractivity contribution is 8.13. The van der Waals surface area contributed by atoms with Crippen LogP contribution in [0.5, 0.6) is 0 Å². The third kappa shape index (κ3) is 3.38. The lowest BCUT2D eigenvalue weighted by molar-refractivity contribution is 0.152. The van der Waals surface area contributed by atoms with E-state index < -0.39 is 6.43 Å². The van der Waals surface area contributed by atoms with Gasteiger partial charge >= 0.3 is 0 Å². The summed E-state index contributed by atoms with van der Waals surface area (Å²) in [6, 6.07) is 0. The Hall–Kier alpha value is -0.320. The largest absolute Gasteiger partial charge is 0.359 e. The summed E-state index contributed by atoms with van der Waals surface area (Å²) >= 11 is 1.52. The third-order valence-electron chi connectivity index (χ3n) is 1.46. The molecule has 5 heteroatoms. The molecular formula is C7H12F2N2S. The van der Waals surface area contributed by atoms with Gasteiger partial charge in [-0.1, -0.05) is 18.7 Å². The summed E-state index contributed by atoms with van der Waals surface area (Å²) in [4.78, 5) is 4.12. The molecule has 0 amide bonds. The molecule has 0 saturated carbocycles. The second kappa shape index (κ2) is 4.64. The number of thioether (sulfide) groups is 1. The molecule has 0 aliphatic carbocycles. The maximum atomic E-state index is 11.7. The maximum absolute atomic E-state index is 11.7. The number of alkyl halides is 2. The lowest BCUT2D eigenvalue weighted by Gasteiger charge is -2.17. The molecule has 0 saturated heterocycles. The molecule has 12 heavy (non-hydrogen) atoms. The molecule has 1 unspecified atom stereocenters. The minimum absolute atomic E-state index is 0.291. The van der Waals surface area contributed by atoms with Crippen molar-refractivity contribution < 1.29 is 8.78 Å².